The Balaban J connectivity index is 1.84. The maximum atomic E-state index is 11.8. The molecule has 0 saturated heterocycles. The van der Waals surface area contributed by atoms with Crippen LogP contribution in [0.4, 0.5) is 0 Å². The summed E-state index contributed by atoms with van der Waals surface area (Å²) in [5.74, 6) is 0.0123. The Morgan fingerprint density at radius 1 is 1.14 bits per heavy atom. The van der Waals surface area contributed by atoms with Gasteiger partial charge in [-0.2, -0.15) is 0 Å². The summed E-state index contributed by atoms with van der Waals surface area (Å²) in [6.45, 7) is 1.68. The Labute approximate surface area is 133 Å². The molecule has 2 aromatic rings. The van der Waals surface area contributed by atoms with Gasteiger partial charge in [0, 0.05) is 11.0 Å². The van der Waals surface area contributed by atoms with Gasteiger partial charge in [0.2, 0.25) is 5.78 Å². The van der Waals surface area contributed by atoms with E-state index in [4.69, 9.17) is 9.47 Å². The minimum atomic E-state index is -0.544. The van der Waals surface area contributed by atoms with E-state index in [9.17, 15) is 9.59 Å². The molecule has 0 radical (unpaired) electrons. The zero-order chi connectivity index (χ0) is 15.9. The van der Waals surface area contributed by atoms with Gasteiger partial charge in [0.25, 0.3) is 0 Å². The van der Waals surface area contributed by atoms with Gasteiger partial charge in [-0.25, -0.2) is 4.79 Å². The van der Waals surface area contributed by atoms with Crippen molar-refractivity contribution in [2.24, 2.45) is 0 Å². The van der Waals surface area contributed by atoms with Gasteiger partial charge in [0.1, 0.15) is 5.75 Å². The number of hydrogen-bond acceptors (Lipinski definition) is 5. The number of benzene rings is 1. The van der Waals surface area contributed by atoms with Gasteiger partial charge in [-0.3, -0.25) is 4.79 Å². The van der Waals surface area contributed by atoms with Crippen LogP contribution in [0.15, 0.2) is 42.5 Å². The van der Waals surface area contributed by atoms with Crippen molar-refractivity contribution in [3.8, 4) is 5.75 Å². The number of methoxy groups -OCH3 is 1. The Hall–Kier alpha value is -2.40. The molecule has 0 fully saturated rings. The Bertz CT molecular complexity index is 683. The summed E-state index contributed by atoms with van der Waals surface area (Å²) in [5, 5.41) is 0. The van der Waals surface area contributed by atoms with Crippen molar-refractivity contribution in [1.29, 1.82) is 0 Å². The molecule has 5 heteroatoms. The smallest absolute Gasteiger partial charge is 0.331 e. The van der Waals surface area contributed by atoms with E-state index >= 15 is 0 Å². The predicted molar refractivity (Wildman–Crippen MR) is 86.4 cm³/mol. The van der Waals surface area contributed by atoms with Crippen LogP contribution in [-0.2, 0) is 9.53 Å². The quantitative estimate of drug-likeness (QED) is 0.465. The van der Waals surface area contributed by atoms with Crippen molar-refractivity contribution in [2.45, 2.75) is 6.92 Å². The first-order valence-electron chi connectivity index (χ1n) is 6.67. The lowest BCUT2D eigenvalue weighted by atomic mass is 10.2. The molecule has 0 atom stereocenters. The van der Waals surface area contributed by atoms with Crippen molar-refractivity contribution in [3.05, 3.63) is 57.8 Å². The summed E-state index contributed by atoms with van der Waals surface area (Å²) >= 11 is 1.39. The Morgan fingerprint density at radius 3 is 2.45 bits per heavy atom. The van der Waals surface area contributed by atoms with E-state index in [-0.39, 0.29) is 12.4 Å². The number of thiophene rings is 1. The van der Waals surface area contributed by atoms with Crippen molar-refractivity contribution in [1.82, 2.24) is 0 Å². The molecular formula is C17H16O4S. The van der Waals surface area contributed by atoms with Crippen LogP contribution in [0, 0.1) is 6.92 Å². The van der Waals surface area contributed by atoms with Gasteiger partial charge < -0.3 is 9.47 Å². The average molecular weight is 316 g/mol. The van der Waals surface area contributed by atoms with Crippen LogP contribution < -0.4 is 4.74 Å². The summed E-state index contributed by atoms with van der Waals surface area (Å²) in [5.41, 5.74) is 0.845. The molecule has 0 bridgehead atoms. The van der Waals surface area contributed by atoms with Crippen molar-refractivity contribution in [2.75, 3.05) is 13.7 Å². The Morgan fingerprint density at radius 2 is 1.86 bits per heavy atom. The normalized spacial score (nSPS) is 10.6. The number of ether oxygens (including phenoxy) is 2. The van der Waals surface area contributed by atoms with Crippen LogP contribution in [0.2, 0.25) is 0 Å². The molecule has 0 amide bonds. The monoisotopic (exact) mass is 316 g/mol. The fraction of sp³-hybridized carbons (Fsp3) is 0.176. The highest BCUT2D eigenvalue weighted by Gasteiger charge is 2.10. The SMILES string of the molecule is COc1ccc(/C=C/C(=O)OCC(=O)c2ccc(C)s2)cc1. The van der Waals surface area contributed by atoms with Crippen LogP contribution in [0.5, 0.6) is 5.75 Å². The van der Waals surface area contributed by atoms with E-state index in [2.05, 4.69) is 0 Å². The van der Waals surface area contributed by atoms with Gasteiger partial charge in [0.05, 0.1) is 12.0 Å². The zero-order valence-electron chi connectivity index (χ0n) is 12.4. The lowest BCUT2D eigenvalue weighted by Gasteiger charge is -2.00. The molecule has 0 N–H and O–H groups in total. The zero-order valence-corrected chi connectivity index (χ0v) is 13.2. The molecule has 1 aromatic heterocycles. The van der Waals surface area contributed by atoms with E-state index in [1.807, 2.05) is 25.1 Å². The number of carbonyl (C=O) groups is 2. The standard InChI is InChI=1S/C17H16O4S/c1-12-3-9-16(22-12)15(18)11-21-17(19)10-6-13-4-7-14(20-2)8-5-13/h3-10H,11H2,1-2H3/b10-6+. The molecule has 1 heterocycles. The van der Waals surface area contributed by atoms with E-state index in [0.717, 1.165) is 16.2 Å². The molecule has 0 aliphatic carbocycles. The van der Waals surface area contributed by atoms with Crippen LogP contribution in [0.3, 0.4) is 0 Å². The molecule has 0 saturated carbocycles. The number of rotatable bonds is 6. The van der Waals surface area contributed by atoms with E-state index in [1.165, 1.54) is 17.4 Å². The topological polar surface area (TPSA) is 52.6 Å². The summed E-state index contributed by atoms with van der Waals surface area (Å²) < 4.78 is 9.99. The predicted octanol–water partition coefficient (Wildman–Crippen LogP) is 3.50. The first kappa shape index (κ1) is 16.0. The summed E-state index contributed by atoms with van der Waals surface area (Å²) in [7, 11) is 1.59. The molecule has 1 aromatic carbocycles. The van der Waals surface area contributed by atoms with Crippen molar-refractivity contribution < 1.29 is 19.1 Å². The molecule has 4 nitrogen and oxygen atoms in total. The molecule has 0 aliphatic heterocycles. The second-order valence-corrected chi connectivity index (χ2v) is 5.84. The number of esters is 1. The van der Waals surface area contributed by atoms with Crippen LogP contribution in [0.1, 0.15) is 20.1 Å². The van der Waals surface area contributed by atoms with Crippen molar-refractivity contribution >= 4 is 29.2 Å². The molecule has 22 heavy (non-hydrogen) atoms. The van der Waals surface area contributed by atoms with Gasteiger partial charge in [-0.05, 0) is 42.8 Å². The molecule has 114 valence electrons. The van der Waals surface area contributed by atoms with Gasteiger partial charge >= 0.3 is 5.97 Å². The van der Waals surface area contributed by atoms with E-state index in [1.54, 1.807) is 31.4 Å². The highest BCUT2D eigenvalue weighted by atomic mass is 32.1. The van der Waals surface area contributed by atoms with E-state index < -0.39 is 5.97 Å². The maximum absolute atomic E-state index is 11.8. The number of carbonyl (C=O) groups excluding carboxylic acids is 2. The van der Waals surface area contributed by atoms with Gasteiger partial charge in [0.15, 0.2) is 6.61 Å². The molecule has 0 spiro atoms. The number of hydrogen-bond donors (Lipinski definition) is 0. The first-order valence-corrected chi connectivity index (χ1v) is 7.48. The first-order chi connectivity index (χ1) is 10.6. The minimum Gasteiger partial charge on any atom is -0.497 e. The van der Waals surface area contributed by atoms with Crippen LogP contribution >= 0.6 is 11.3 Å². The lowest BCUT2D eigenvalue weighted by Crippen LogP contribution is -2.11. The van der Waals surface area contributed by atoms with Gasteiger partial charge in [-0.15, -0.1) is 11.3 Å². The third-order valence-corrected chi connectivity index (χ3v) is 3.93. The van der Waals surface area contributed by atoms with Crippen molar-refractivity contribution in [3.63, 3.8) is 0 Å². The van der Waals surface area contributed by atoms with Crippen LogP contribution in [-0.4, -0.2) is 25.5 Å². The van der Waals surface area contributed by atoms with Gasteiger partial charge in [-0.1, -0.05) is 12.1 Å². The highest BCUT2D eigenvalue weighted by Crippen LogP contribution is 2.16. The number of ketones is 1. The maximum Gasteiger partial charge on any atom is 0.331 e. The fourth-order valence-corrected chi connectivity index (χ4v) is 2.51. The van der Waals surface area contributed by atoms with Crippen LogP contribution in [0.25, 0.3) is 6.08 Å². The molecule has 2 rings (SSSR count). The highest BCUT2D eigenvalue weighted by molar-refractivity contribution is 7.14. The summed E-state index contributed by atoms with van der Waals surface area (Å²) in [6, 6.07) is 10.8. The molecule has 0 unspecified atom stereocenters. The second kappa shape index (κ2) is 7.56. The second-order valence-electron chi connectivity index (χ2n) is 4.55. The number of aryl methyl sites for hydroxylation is 1. The molecule has 0 aliphatic rings. The third-order valence-electron chi connectivity index (χ3n) is 2.89. The largest absolute Gasteiger partial charge is 0.497 e. The summed E-state index contributed by atoms with van der Waals surface area (Å²) in [4.78, 5) is 25.1. The van der Waals surface area contributed by atoms with E-state index in [0.29, 0.717) is 4.88 Å². The third kappa shape index (κ3) is 4.56. The number of Topliss-reactive ketones (excluding diaryl/α,β-unsaturated/α-hetero) is 1. The molecular weight excluding hydrogens is 300 g/mol. The lowest BCUT2D eigenvalue weighted by molar-refractivity contribution is -0.136. The average Bonchev–Trinajstić information content (AvgIpc) is 2.97. The minimum absolute atomic E-state index is 0.190. The summed E-state index contributed by atoms with van der Waals surface area (Å²) in [6.07, 6.45) is 2.93. The fourth-order valence-electron chi connectivity index (χ4n) is 1.72. The Kier molecular flexibility index (Phi) is 5.49.